The number of aliphatic hydroxyl groups is 8. The molecular formula is C44H70N8O18. The number of nitrogens with one attached hydrogen (secondary N) is 6. The van der Waals surface area contributed by atoms with Gasteiger partial charge in [0, 0.05) is 44.8 Å². The van der Waals surface area contributed by atoms with Gasteiger partial charge in [-0.1, -0.05) is 13.0 Å². The van der Waals surface area contributed by atoms with Crippen LogP contribution in [0.25, 0.3) is 0 Å². The van der Waals surface area contributed by atoms with Gasteiger partial charge in [0.25, 0.3) is 0 Å². The zero-order valence-electron chi connectivity index (χ0n) is 40.0. The van der Waals surface area contributed by atoms with E-state index in [0.29, 0.717) is 0 Å². The van der Waals surface area contributed by atoms with E-state index in [-0.39, 0.29) is 36.6 Å². The van der Waals surface area contributed by atoms with Gasteiger partial charge in [0.2, 0.25) is 35.4 Å². The fourth-order valence-corrected chi connectivity index (χ4v) is 8.37. The Hall–Kier alpha value is -5.45. The third-order valence-electron chi connectivity index (χ3n) is 12.1. The van der Waals surface area contributed by atoms with E-state index < -0.39 is 178 Å². The highest BCUT2D eigenvalue weighted by molar-refractivity contribution is 5.98. The average Bonchev–Trinajstić information content (AvgIpc) is 3.83. The molecule has 1 aromatic carbocycles. The lowest BCUT2D eigenvalue weighted by atomic mass is 9.98. The number of alkyl carbamates (subject to hydrolysis) is 1. The Labute approximate surface area is 404 Å². The zero-order chi connectivity index (χ0) is 52.4. The Morgan fingerprint density at radius 1 is 0.829 bits per heavy atom. The summed E-state index contributed by atoms with van der Waals surface area (Å²) >= 11 is 0. The van der Waals surface area contributed by atoms with Crippen molar-refractivity contribution in [3.8, 4) is 11.5 Å². The molecule has 4 rings (SSSR count). The molecule has 0 saturated carbocycles. The van der Waals surface area contributed by atoms with E-state index in [4.69, 9.17) is 9.47 Å². The van der Waals surface area contributed by atoms with Crippen molar-refractivity contribution in [2.24, 2.45) is 5.92 Å². The number of amides is 7. The van der Waals surface area contributed by atoms with E-state index >= 15 is 0 Å². The topological polar surface area (TPSA) is 399 Å². The first kappa shape index (κ1) is 57.1. The molecule has 0 aromatic heterocycles. The second-order valence-corrected chi connectivity index (χ2v) is 19.0. The molecule has 26 nitrogen and oxygen atoms in total. The van der Waals surface area contributed by atoms with Gasteiger partial charge < -0.3 is 97.1 Å². The highest BCUT2D eigenvalue weighted by Gasteiger charge is 2.49. The SMILES string of the molecule is COc1cc(C[C@@H](O)[C@@H]2NC(=O)[C@@H]3C[C@@H](O)CN3C(=O)[C@H]([C@@H](C)O)NC(=O)[C@H](NC(=O)OC(C)(C)C)C[C@@H](O)CNC(=O)[C@@H]3[C@@H](O)[C@@H](C)CN3C(=O)[C@H]([C@H](O)CCNC(CO)CO)NC2=O)ccc1O. The number of phenols is 1. The predicted octanol–water partition coefficient (Wildman–Crippen LogP) is -6.22. The summed E-state index contributed by atoms with van der Waals surface area (Å²) < 4.78 is 10.5. The number of carbonyl (C=O) groups is 7. The van der Waals surface area contributed by atoms with Crippen LogP contribution in [0.15, 0.2) is 18.2 Å². The summed E-state index contributed by atoms with van der Waals surface area (Å²) in [7, 11) is 1.26. The van der Waals surface area contributed by atoms with E-state index in [0.717, 1.165) is 16.7 Å². The standard InChI is InChI=1S/C44H70N8O18/c1-20-16-52-35(36(20)61)40(65)46-15-24(56)13-26(47-43(68)70-44(3,4)5)37(62)48-32(21(2)55)41(66)51-17-25(57)14-27(51)38(63)49-33(30(60)11-22-7-8-28(58)31(12-22)69-6)39(64)50-34(42(52)67)29(59)9-10-45-23(18-53)19-54/h7-8,12,20-21,23-27,29-30,32-36,45,53-61H,9-11,13-19H2,1-6H3,(H,46,65)(H,47,68)(H,48,62)(H,49,63)(H,50,64)/t20-,21+,24+,25+,26+,27-,29+,30+,32-,33-,34-,35-,36-/m0/s1. The summed E-state index contributed by atoms with van der Waals surface area (Å²) in [5.41, 5.74) is -0.815. The molecule has 0 unspecified atom stereocenters. The highest BCUT2D eigenvalue weighted by atomic mass is 16.6. The monoisotopic (exact) mass is 998 g/mol. The molecule has 0 spiro atoms. The molecule has 394 valence electrons. The van der Waals surface area contributed by atoms with Crippen molar-refractivity contribution >= 4 is 41.5 Å². The van der Waals surface area contributed by atoms with E-state index in [9.17, 15) is 79.5 Å². The number of fused-ring (bicyclic) bond motifs is 2. The number of rotatable bonds is 13. The lowest BCUT2D eigenvalue weighted by molar-refractivity contribution is -0.147. The fourth-order valence-electron chi connectivity index (χ4n) is 8.37. The molecule has 70 heavy (non-hydrogen) atoms. The van der Waals surface area contributed by atoms with Gasteiger partial charge in [0.1, 0.15) is 41.9 Å². The van der Waals surface area contributed by atoms with Crippen LogP contribution in [-0.2, 0) is 39.9 Å². The Kier molecular flexibility index (Phi) is 20.5. The van der Waals surface area contributed by atoms with Gasteiger partial charge >= 0.3 is 6.09 Å². The zero-order valence-corrected chi connectivity index (χ0v) is 40.0. The Balaban J connectivity index is 1.85. The molecule has 7 amide bonds. The van der Waals surface area contributed by atoms with E-state index in [1.165, 1.54) is 53.0 Å². The van der Waals surface area contributed by atoms with Crippen LogP contribution >= 0.6 is 0 Å². The number of β-amino-alcohol motifs (C(OH)–C–C–N with tert-alkyl or cyclic N) is 1. The summed E-state index contributed by atoms with van der Waals surface area (Å²) in [5, 5.41) is 112. The molecule has 3 heterocycles. The van der Waals surface area contributed by atoms with Gasteiger partial charge in [-0.15, -0.1) is 0 Å². The van der Waals surface area contributed by atoms with Crippen molar-refractivity contribution in [1.82, 2.24) is 41.7 Å². The quantitative estimate of drug-likeness (QED) is 0.0874. The number of ether oxygens (including phenoxy) is 2. The summed E-state index contributed by atoms with van der Waals surface area (Å²) in [4.78, 5) is 101. The first-order chi connectivity index (χ1) is 32.8. The van der Waals surface area contributed by atoms with Gasteiger partial charge in [-0.25, -0.2) is 4.79 Å². The molecule has 0 radical (unpaired) electrons. The lowest BCUT2D eigenvalue weighted by Gasteiger charge is -2.34. The number of aliphatic hydroxyl groups excluding tert-OH is 8. The number of nitrogens with zero attached hydrogens (tertiary/aromatic N) is 2. The smallest absolute Gasteiger partial charge is 0.408 e. The van der Waals surface area contributed by atoms with E-state index in [1.807, 2.05) is 0 Å². The van der Waals surface area contributed by atoms with Crippen molar-refractivity contribution < 1.29 is 89.0 Å². The first-order valence-electron chi connectivity index (χ1n) is 23.0. The van der Waals surface area contributed by atoms with Gasteiger partial charge in [0.05, 0.1) is 63.0 Å². The Morgan fingerprint density at radius 3 is 2.07 bits per heavy atom. The maximum atomic E-state index is 14.7. The normalized spacial score (nSPS) is 29.1. The maximum absolute atomic E-state index is 14.7. The molecule has 3 saturated heterocycles. The maximum Gasteiger partial charge on any atom is 0.408 e. The number of phenolic OH excluding ortho intramolecular Hbond substituents is 1. The van der Waals surface area contributed by atoms with Crippen molar-refractivity contribution in [3.05, 3.63) is 23.8 Å². The molecular weight excluding hydrogens is 929 g/mol. The summed E-state index contributed by atoms with van der Waals surface area (Å²) in [6, 6.07) is -7.92. The Bertz CT molecular complexity index is 2000. The highest BCUT2D eigenvalue weighted by Crippen LogP contribution is 2.29. The van der Waals surface area contributed by atoms with E-state index in [1.54, 1.807) is 0 Å². The average molecular weight is 999 g/mol. The Morgan fingerprint density at radius 2 is 1.46 bits per heavy atom. The minimum Gasteiger partial charge on any atom is -0.504 e. The molecule has 13 atom stereocenters. The molecule has 0 bridgehead atoms. The van der Waals surface area contributed by atoms with Crippen LogP contribution in [0.3, 0.4) is 0 Å². The summed E-state index contributed by atoms with van der Waals surface area (Å²) in [6.45, 7) is 4.54. The van der Waals surface area contributed by atoms with Crippen LogP contribution in [-0.4, -0.2) is 228 Å². The van der Waals surface area contributed by atoms with Crippen LogP contribution < -0.4 is 36.6 Å². The predicted molar refractivity (Wildman–Crippen MR) is 242 cm³/mol. The summed E-state index contributed by atoms with van der Waals surface area (Å²) in [6.07, 6.45) is -13.1. The first-order valence-corrected chi connectivity index (χ1v) is 23.0. The number of benzene rings is 1. The molecule has 1 aromatic rings. The van der Waals surface area contributed by atoms with Crippen LogP contribution in [0.2, 0.25) is 0 Å². The summed E-state index contributed by atoms with van der Waals surface area (Å²) in [5.74, 6) is -7.95. The molecule has 3 aliphatic rings. The third kappa shape index (κ3) is 15.0. The van der Waals surface area contributed by atoms with Crippen molar-refractivity contribution in [1.29, 1.82) is 0 Å². The number of hydrogen-bond donors (Lipinski definition) is 15. The van der Waals surface area contributed by atoms with Gasteiger partial charge in [-0.05, 0) is 58.4 Å². The van der Waals surface area contributed by atoms with Crippen LogP contribution in [0, 0.1) is 5.92 Å². The van der Waals surface area contributed by atoms with Crippen molar-refractivity contribution in [2.45, 2.75) is 145 Å². The van der Waals surface area contributed by atoms with Crippen LogP contribution in [0.5, 0.6) is 11.5 Å². The van der Waals surface area contributed by atoms with Crippen molar-refractivity contribution in [3.63, 3.8) is 0 Å². The van der Waals surface area contributed by atoms with Crippen LogP contribution in [0.1, 0.15) is 59.4 Å². The minimum atomic E-state index is -2.06. The molecule has 0 aliphatic carbocycles. The second kappa shape index (κ2) is 25.1. The number of hydrogen-bond acceptors (Lipinski definition) is 19. The van der Waals surface area contributed by atoms with Gasteiger partial charge in [-0.3, -0.25) is 28.8 Å². The lowest BCUT2D eigenvalue weighted by Crippen LogP contribution is -2.64. The fraction of sp³-hybridized carbons (Fsp3) is 0.705. The number of carbonyl (C=O) groups excluding carboxylic acids is 7. The minimum absolute atomic E-state index is 0.0203. The number of aromatic hydroxyl groups is 1. The molecule has 15 N–H and O–H groups in total. The molecule has 3 fully saturated rings. The third-order valence-corrected chi connectivity index (χ3v) is 12.1. The van der Waals surface area contributed by atoms with Gasteiger partial charge in [-0.2, -0.15) is 0 Å². The van der Waals surface area contributed by atoms with E-state index in [2.05, 4.69) is 31.9 Å². The number of methoxy groups -OCH3 is 1. The largest absolute Gasteiger partial charge is 0.504 e. The molecule has 3 aliphatic heterocycles. The molecule has 26 heteroatoms. The van der Waals surface area contributed by atoms with Crippen LogP contribution in [0.4, 0.5) is 4.79 Å². The van der Waals surface area contributed by atoms with Crippen molar-refractivity contribution in [2.75, 3.05) is 46.5 Å². The van der Waals surface area contributed by atoms with Gasteiger partial charge in [0.15, 0.2) is 11.5 Å². The second-order valence-electron chi connectivity index (χ2n) is 19.0.